The second-order valence-electron chi connectivity index (χ2n) is 2.64. The highest BCUT2D eigenvalue weighted by atomic mass is 16.1. The molecule has 15 heavy (non-hydrogen) atoms. The Kier molecular flexibility index (Phi) is 1.95. The van der Waals surface area contributed by atoms with Crippen molar-refractivity contribution in [3.8, 4) is 11.8 Å². The third-order valence-electron chi connectivity index (χ3n) is 1.67. The fourth-order valence-electron chi connectivity index (χ4n) is 1.08. The molecule has 7 nitrogen and oxygen atoms in total. The van der Waals surface area contributed by atoms with Crippen molar-refractivity contribution < 1.29 is 4.79 Å². The first kappa shape index (κ1) is 8.96. The molecule has 0 unspecified atom stereocenters. The summed E-state index contributed by atoms with van der Waals surface area (Å²) in [6.45, 7) is 0. The second-order valence-corrected chi connectivity index (χ2v) is 2.64. The predicted molar refractivity (Wildman–Crippen MR) is 50.6 cm³/mol. The van der Waals surface area contributed by atoms with Gasteiger partial charge >= 0.3 is 0 Å². The minimum absolute atomic E-state index is 0.214. The Morgan fingerprint density at radius 1 is 1.53 bits per heavy atom. The molecule has 0 aromatic carbocycles. The van der Waals surface area contributed by atoms with Gasteiger partial charge < -0.3 is 10.7 Å². The number of nitrogens with zero attached hydrogens (tertiary/aromatic N) is 2. The fourth-order valence-corrected chi connectivity index (χ4v) is 1.08. The molecule has 2 heterocycles. The maximum Gasteiger partial charge on any atom is 0.293 e. The number of carbonyl (C=O) groups excluding carboxylic acids is 1. The van der Waals surface area contributed by atoms with Gasteiger partial charge in [-0.05, 0) is 5.92 Å². The minimum atomic E-state index is -0.780. The molecule has 0 saturated carbocycles. The Bertz CT molecular complexity index is 642. The van der Waals surface area contributed by atoms with E-state index < -0.39 is 5.91 Å². The van der Waals surface area contributed by atoms with E-state index in [9.17, 15) is 9.59 Å². The molecule has 0 aliphatic heterocycles. The largest absolute Gasteiger partial charge is 0.359 e. The van der Waals surface area contributed by atoms with Crippen LogP contribution in [-0.4, -0.2) is 26.1 Å². The molecule has 2 aromatic heterocycles. The Morgan fingerprint density at radius 2 is 2.33 bits per heavy atom. The second kappa shape index (κ2) is 3.26. The van der Waals surface area contributed by atoms with Crippen molar-refractivity contribution in [3.63, 3.8) is 0 Å². The van der Waals surface area contributed by atoms with E-state index in [-0.39, 0.29) is 22.3 Å². The van der Waals surface area contributed by atoms with Crippen LogP contribution < -0.4 is 11.3 Å². The Hall–Kier alpha value is -2.62. The zero-order valence-electron chi connectivity index (χ0n) is 7.37. The summed E-state index contributed by atoms with van der Waals surface area (Å²) in [5, 5.41) is 6.46. The molecule has 0 aliphatic carbocycles. The van der Waals surface area contributed by atoms with Gasteiger partial charge in [0, 0.05) is 5.92 Å². The summed E-state index contributed by atoms with van der Waals surface area (Å²) in [6, 6.07) is 0. The normalized spacial score (nSPS) is 9.60. The SMILES string of the molecule is NC(=O)C#Cc1[nH]nc2nc[nH]c(=O)c12. The van der Waals surface area contributed by atoms with Gasteiger partial charge in [-0.1, -0.05) is 0 Å². The molecule has 0 aliphatic rings. The van der Waals surface area contributed by atoms with E-state index in [0.29, 0.717) is 0 Å². The molecule has 0 saturated heterocycles. The first-order valence-corrected chi connectivity index (χ1v) is 3.91. The fraction of sp³-hybridized carbons (Fsp3) is 0. The van der Waals surface area contributed by atoms with Crippen molar-refractivity contribution >= 4 is 16.9 Å². The Morgan fingerprint density at radius 3 is 3.07 bits per heavy atom. The van der Waals surface area contributed by atoms with Crippen molar-refractivity contribution in [2.45, 2.75) is 0 Å². The average molecular weight is 203 g/mol. The molecule has 4 N–H and O–H groups in total. The van der Waals surface area contributed by atoms with Gasteiger partial charge in [0.1, 0.15) is 11.1 Å². The Balaban J connectivity index is 2.70. The molecular weight excluding hydrogens is 198 g/mol. The van der Waals surface area contributed by atoms with E-state index in [4.69, 9.17) is 5.73 Å². The van der Waals surface area contributed by atoms with E-state index in [0.717, 1.165) is 0 Å². The maximum absolute atomic E-state index is 11.4. The topological polar surface area (TPSA) is 118 Å². The predicted octanol–water partition coefficient (Wildman–Crippen LogP) is -1.52. The summed E-state index contributed by atoms with van der Waals surface area (Å²) in [7, 11) is 0. The highest BCUT2D eigenvalue weighted by Gasteiger charge is 2.07. The number of rotatable bonds is 0. The first-order valence-electron chi connectivity index (χ1n) is 3.91. The standard InChI is InChI=1S/C8H5N5O2/c9-5(14)2-1-4-6-7(13-12-4)10-3-11-8(6)15/h3H,(H2,9,14)(H2,10,11,12,13,15). The minimum Gasteiger partial charge on any atom is -0.359 e. The highest BCUT2D eigenvalue weighted by molar-refractivity contribution is 5.93. The van der Waals surface area contributed by atoms with E-state index in [1.807, 2.05) is 0 Å². The van der Waals surface area contributed by atoms with E-state index in [1.54, 1.807) is 0 Å². The Labute approximate surface area is 82.7 Å². The maximum atomic E-state index is 11.4. The molecule has 2 rings (SSSR count). The van der Waals surface area contributed by atoms with Crippen LogP contribution in [0.1, 0.15) is 5.69 Å². The number of nitrogens with one attached hydrogen (secondary N) is 2. The van der Waals surface area contributed by atoms with Crippen molar-refractivity contribution in [1.82, 2.24) is 20.2 Å². The van der Waals surface area contributed by atoms with Crippen molar-refractivity contribution in [1.29, 1.82) is 0 Å². The number of hydrogen-bond acceptors (Lipinski definition) is 4. The monoisotopic (exact) mass is 203 g/mol. The van der Waals surface area contributed by atoms with Gasteiger partial charge in [-0.2, -0.15) is 5.10 Å². The molecular formula is C8H5N5O2. The van der Waals surface area contributed by atoms with Crippen LogP contribution in [0.25, 0.3) is 11.0 Å². The van der Waals surface area contributed by atoms with Crippen molar-refractivity contribution in [2.24, 2.45) is 5.73 Å². The van der Waals surface area contributed by atoms with E-state index in [2.05, 4.69) is 32.0 Å². The van der Waals surface area contributed by atoms with Crippen molar-refractivity contribution in [3.05, 3.63) is 22.4 Å². The quantitative estimate of drug-likeness (QED) is 0.451. The van der Waals surface area contributed by atoms with Gasteiger partial charge in [-0.3, -0.25) is 14.7 Å². The number of primary amides is 1. The lowest BCUT2D eigenvalue weighted by Gasteiger charge is -1.84. The average Bonchev–Trinajstić information content (AvgIpc) is 2.59. The number of H-pyrrole nitrogens is 2. The molecule has 74 valence electrons. The summed E-state index contributed by atoms with van der Waals surface area (Å²) in [5.74, 6) is 3.73. The number of hydrogen-bond donors (Lipinski definition) is 3. The number of nitrogens with two attached hydrogens (primary N) is 1. The molecule has 7 heteroatoms. The first-order chi connectivity index (χ1) is 7.18. The molecule has 2 aromatic rings. The van der Waals surface area contributed by atoms with Crippen LogP contribution in [0.5, 0.6) is 0 Å². The number of aromatic nitrogens is 4. The molecule has 0 spiro atoms. The summed E-state index contributed by atoms with van der Waals surface area (Å²) < 4.78 is 0. The van der Waals surface area contributed by atoms with Gasteiger partial charge in [0.2, 0.25) is 0 Å². The van der Waals surface area contributed by atoms with Crippen LogP contribution >= 0.6 is 0 Å². The number of aromatic amines is 2. The summed E-state index contributed by atoms with van der Waals surface area (Å²) >= 11 is 0. The number of carbonyl (C=O) groups is 1. The van der Waals surface area contributed by atoms with Gasteiger partial charge in [0.25, 0.3) is 11.5 Å². The van der Waals surface area contributed by atoms with Crippen LogP contribution in [-0.2, 0) is 4.79 Å². The highest BCUT2D eigenvalue weighted by Crippen LogP contribution is 2.05. The lowest BCUT2D eigenvalue weighted by atomic mass is 10.3. The van der Waals surface area contributed by atoms with Crippen LogP contribution in [0.15, 0.2) is 11.1 Å². The van der Waals surface area contributed by atoms with E-state index in [1.165, 1.54) is 6.33 Å². The van der Waals surface area contributed by atoms with Crippen LogP contribution in [0.3, 0.4) is 0 Å². The molecule has 0 atom stereocenters. The number of fused-ring (bicyclic) bond motifs is 1. The number of amides is 1. The lowest BCUT2D eigenvalue weighted by Crippen LogP contribution is -2.07. The van der Waals surface area contributed by atoms with Crippen molar-refractivity contribution in [2.75, 3.05) is 0 Å². The summed E-state index contributed by atoms with van der Waals surface area (Å²) in [5.41, 5.74) is 4.93. The molecule has 1 amide bonds. The van der Waals surface area contributed by atoms with Gasteiger partial charge in [-0.15, -0.1) is 0 Å². The molecule has 0 radical (unpaired) electrons. The third kappa shape index (κ3) is 1.55. The van der Waals surface area contributed by atoms with Gasteiger partial charge in [0.15, 0.2) is 5.65 Å². The molecule has 0 fully saturated rings. The van der Waals surface area contributed by atoms with E-state index >= 15 is 0 Å². The van der Waals surface area contributed by atoms with Crippen LogP contribution in [0.4, 0.5) is 0 Å². The van der Waals surface area contributed by atoms with Gasteiger partial charge in [0.05, 0.1) is 6.33 Å². The van der Waals surface area contributed by atoms with Gasteiger partial charge in [-0.25, -0.2) is 4.98 Å². The lowest BCUT2D eigenvalue weighted by molar-refractivity contribution is -0.112. The molecule has 0 bridgehead atoms. The summed E-state index contributed by atoms with van der Waals surface area (Å²) in [6.07, 6.45) is 1.23. The zero-order valence-corrected chi connectivity index (χ0v) is 7.37. The zero-order chi connectivity index (χ0) is 10.8. The van der Waals surface area contributed by atoms with Crippen LogP contribution in [0.2, 0.25) is 0 Å². The summed E-state index contributed by atoms with van der Waals surface area (Å²) in [4.78, 5) is 28.0. The van der Waals surface area contributed by atoms with Crippen LogP contribution in [0, 0.1) is 11.8 Å². The smallest absolute Gasteiger partial charge is 0.293 e. The third-order valence-corrected chi connectivity index (χ3v) is 1.67.